The molecule has 0 atom stereocenters. The van der Waals surface area contributed by atoms with E-state index in [1.807, 2.05) is 0 Å². The van der Waals surface area contributed by atoms with Gasteiger partial charge in [-0.1, -0.05) is 0 Å². The Hall–Kier alpha value is -1.62. The van der Waals surface area contributed by atoms with Crippen LogP contribution in [0.2, 0.25) is 0 Å². The highest BCUT2D eigenvalue weighted by Gasteiger charge is 2.21. The lowest BCUT2D eigenvalue weighted by Gasteiger charge is -2.17. The summed E-state index contributed by atoms with van der Waals surface area (Å²) >= 11 is 0. The molecule has 0 saturated heterocycles. The number of ether oxygens (including phenoxy) is 1. The largest absolute Gasteiger partial charge is 0.508 e. The summed E-state index contributed by atoms with van der Waals surface area (Å²) in [6, 6.07) is 3.52. The maximum atomic E-state index is 13.5. The zero-order chi connectivity index (χ0) is 13.8. The van der Waals surface area contributed by atoms with E-state index in [0.29, 0.717) is 19.1 Å². The molecular formula is C14H18FNO3. The molecule has 0 unspecified atom stereocenters. The van der Waals surface area contributed by atoms with E-state index in [9.17, 15) is 9.18 Å². The molecule has 1 aliphatic carbocycles. The van der Waals surface area contributed by atoms with Gasteiger partial charge in [-0.05, 0) is 30.9 Å². The molecule has 0 radical (unpaired) electrons. The molecule has 1 amide bonds. The van der Waals surface area contributed by atoms with Crippen LogP contribution >= 0.6 is 0 Å². The molecule has 4 nitrogen and oxygen atoms in total. The number of aromatic hydroxyl groups is 1. The minimum atomic E-state index is -0.712. The standard InChI is InChI=1S/C14H18FNO3/c1-16(6-7-19-9-10-2-3-10)14(18)12-5-4-11(17)8-13(12)15/h4-5,8,10,17H,2-3,6-7,9H2,1H3. The molecule has 0 spiro atoms. The average Bonchev–Trinajstić information content (AvgIpc) is 3.17. The third-order valence-electron chi connectivity index (χ3n) is 3.15. The Morgan fingerprint density at radius 3 is 2.89 bits per heavy atom. The van der Waals surface area contributed by atoms with E-state index in [-0.39, 0.29) is 11.3 Å². The Balaban J connectivity index is 1.83. The molecule has 19 heavy (non-hydrogen) atoms. The molecule has 0 aliphatic heterocycles. The average molecular weight is 267 g/mol. The van der Waals surface area contributed by atoms with Crippen LogP contribution in [0.5, 0.6) is 5.75 Å². The molecule has 1 aromatic carbocycles. The van der Waals surface area contributed by atoms with Gasteiger partial charge in [-0.2, -0.15) is 0 Å². The summed E-state index contributed by atoms with van der Waals surface area (Å²) < 4.78 is 19.0. The van der Waals surface area contributed by atoms with Crippen LogP contribution in [0.15, 0.2) is 18.2 Å². The van der Waals surface area contributed by atoms with Gasteiger partial charge >= 0.3 is 0 Å². The summed E-state index contributed by atoms with van der Waals surface area (Å²) in [6.07, 6.45) is 2.46. The van der Waals surface area contributed by atoms with E-state index in [0.717, 1.165) is 12.7 Å². The Kier molecular flexibility index (Phi) is 4.37. The highest BCUT2D eigenvalue weighted by molar-refractivity contribution is 5.94. The van der Waals surface area contributed by atoms with Crippen LogP contribution in [0, 0.1) is 11.7 Å². The first-order chi connectivity index (χ1) is 9.08. The topological polar surface area (TPSA) is 49.8 Å². The van der Waals surface area contributed by atoms with E-state index in [1.54, 1.807) is 7.05 Å². The van der Waals surface area contributed by atoms with Crippen molar-refractivity contribution in [3.63, 3.8) is 0 Å². The first-order valence-corrected chi connectivity index (χ1v) is 6.39. The van der Waals surface area contributed by atoms with E-state index < -0.39 is 11.7 Å². The number of hydrogen-bond acceptors (Lipinski definition) is 3. The molecule has 1 aliphatic rings. The first kappa shape index (κ1) is 13.8. The summed E-state index contributed by atoms with van der Waals surface area (Å²) in [6.45, 7) is 1.62. The third-order valence-corrected chi connectivity index (χ3v) is 3.15. The van der Waals surface area contributed by atoms with Crippen molar-refractivity contribution in [2.45, 2.75) is 12.8 Å². The molecule has 1 saturated carbocycles. The number of halogens is 1. The number of carbonyl (C=O) groups excluding carboxylic acids is 1. The van der Waals surface area contributed by atoms with Crippen LogP contribution in [0.4, 0.5) is 4.39 Å². The molecule has 0 heterocycles. The summed E-state index contributed by atoms with van der Waals surface area (Å²) in [4.78, 5) is 13.4. The van der Waals surface area contributed by atoms with Crippen molar-refractivity contribution in [2.75, 3.05) is 26.8 Å². The Bertz CT molecular complexity index is 460. The van der Waals surface area contributed by atoms with E-state index in [2.05, 4.69) is 0 Å². The number of nitrogens with zero attached hydrogens (tertiary/aromatic N) is 1. The summed E-state index contributed by atoms with van der Waals surface area (Å²) in [5, 5.41) is 9.10. The molecule has 2 rings (SSSR count). The number of rotatable bonds is 6. The van der Waals surface area contributed by atoms with Crippen LogP contribution in [-0.4, -0.2) is 42.7 Å². The SMILES string of the molecule is CN(CCOCC1CC1)C(=O)c1ccc(O)cc1F. The first-order valence-electron chi connectivity index (χ1n) is 6.39. The molecule has 0 aromatic heterocycles. The number of benzene rings is 1. The van der Waals surface area contributed by atoms with E-state index in [4.69, 9.17) is 9.84 Å². The number of hydrogen-bond donors (Lipinski definition) is 1. The second-order valence-electron chi connectivity index (χ2n) is 4.91. The van der Waals surface area contributed by atoms with E-state index >= 15 is 0 Å². The van der Waals surface area contributed by atoms with Crippen molar-refractivity contribution in [1.82, 2.24) is 4.90 Å². The minimum Gasteiger partial charge on any atom is -0.508 e. The fourth-order valence-corrected chi connectivity index (χ4v) is 1.72. The second kappa shape index (κ2) is 6.02. The highest BCUT2D eigenvalue weighted by atomic mass is 19.1. The smallest absolute Gasteiger partial charge is 0.256 e. The van der Waals surface area contributed by atoms with Crippen molar-refractivity contribution >= 4 is 5.91 Å². The second-order valence-corrected chi connectivity index (χ2v) is 4.91. The fourth-order valence-electron chi connectivity index (χ4n) is 1.72. The van der Waals surface area contributed by atoms with Crippen molar-refractivity contribution < 1.29 is 19.0 Å². The number of phenolic OH excluding ortho intramolecular Hbond substituents is 1. The van der Waals surface area contributed by atoms with Gasteiger partial charge in [0.05, 0.1) is 12.2 Å². The molecule has 5 heteroatoms. The molecule has 1 aromatic rings. The maximum Gasteiger partial charge on any atom is 0.256 e. The van der Waals surface area contributed by atoms with Crippen molar-refractivity contribution in [1.29, 1.82) is 0 Å². The highest BCUT2D eigenvalue weighted by Crippen LogP contribution is 2.28. The van der Waals surface area contributed by atoms with Crippen LogP contribution in [0.1, 0.15) is 23.2 Å². The molecule has 104 valence electrons. The van der Waals surface area contributed by atoms with Gasteiger partial charge in [0.25, 0.3) is 5.91 Å². The fraction of sp³-hybridized carbons (Fsp3) is 0.500. The Labute approximate surface area is 111 Å². The van der Waals surface area contributed by atoms with Gasteiger partial charge < -0.3 is 14.7 Å². The number of amides is 1. The van der Waals surface area contributed by atoms with Crippen LogP contribution < -0.4 is 0 Å². The van der Waals surface area contributed by atoms with Gasteiger partial charge in [0.2, 0.25) is 0 Å². The molecular weight excluding hydrogens is 249 g/mol. The quantitative estimate of drug-likeness (QED) is 0.802. The van der Waals surface area contributed by atoms with Gasteiger partial charge in [-0.15, -0.1) is 0 Å². The maximum absolute atomic E-state index is 13.5. The van der Waals surface area contributed by atoms with Gasteiger partial charge in [0.15, 0.2) is 0 Å². The number of likely N-dealkylation sites (N-methyl/N-ethyl adjacent to an activating group) is 1. The lowest BCUT2D eigenvalue weighted by molar-refractivity contribution is 0.0677. The van der Waals surface area contributed by atoms with E-state index in [1.165, 1.54) is 29.9 Å². The third kappa shape index (κ3) is 3.92. The van der Waals surface area contributed by atoms with Crippen LogP contribution in [0.25, 0.3) is 0 Å². The monoisotopic (exact) mass is 267 g/mol. The Morgan fingerprint density at radius 1 is 1.53 bits per heavy atom. The zero-order valence-corrected chi connectivity index (χ0v) is 10.9. The van der Waals surface area contributed by atoms with Gasteiger partial charge in [0, 0.05) is 26.3 Å². The summed E-state index contributed by atoms with van der Waals surface area (Å²) in [5.74, 6) is -0.622. The molecule has 1 fully saturated rings. The minimum absolute atomic E-state index is 0.0394. The van der Waals surface area contributed by atoms with Crippen molar-refractivity contribution in [2.24, 2.45) is 5.92 Å². The number of carbonyl (C=O) groups is 1. The Morgan fingerprint density at radius 2 is 2.26 bits per heavy atom. The van der Waals surface area contributed by atoms with Crippen molar-refractivity contribution in [3.05, 3.63) is 29.6 Å². The predicted octanol–water partition coefficient (Wildman–Crippen LogP) is 2.03. The summed E-state index contributed by atoms with van der Waals surface area (Å²) in [7, 11) is 1.61. The van der Waals surface area contributed by atoms with Crippen molar-refractivity contribution in [3.8, 4) is 5.75 Å². The zero-order valence-electron chi connectivity index (χ0n) is 10.9. The van der Waals surface area contributed by atoms with Gasteiger partial charge in [-0.3, -0.25) is 4.79 Å². The summed E-state index contributed by atoms with van der Waals surface area (Å²) in [5.41, 5.74) is -0.0394. The molecule has 0 bridgehead atoms. The lowest BCUT2D eigenvalue weighted by Crippen LogP contribution is -2.31. The van der Waals surface area contributed by atoms with Gasteiger partial charge in [0.1, 0.15) is 11.6 Å². The predicted molar refractivity (Wildman–Crippen MR) is 68.6 cm³/mol. The van der Waals surface area contributed by atoms with Crippen LogP contribution in [0.3, 0.4) is 0 Å². The van der Waals surface area contributed by atoms with Crippen LogP contribution in [-0.2, 0) is 4.74 Å². The molecule has 1 N–H and O–H groups in total. The van der Waals surface area contributed by atoms with Gasteiger partial charge in [-0.25, -0.2) is 4.39 Å². The number of phenols is 1. The lowest BCUT2D eigenvalue weighted by atomic mass is 10.2. The normalized spacial score (nSPS) is 14.4.